The quantitative estimate of drug-likeness (QED) is 0.624. The molecule has 0 bridgehead atoms. The molecule has 9 heteroatoms. The zero-order chi connectivity index (χ0) is 20.5. The number of rotatable bonds is 6. The van der Waals surface area contributed by atoms with Gasteiger partial charge in [-0.05, 0) is 44.0 Å². The molecule has 8 nitrogen and oxygen atoms in total. The minimum absolute atomic E-state index is 0.0117. The summed E-state index contributed by atoms with van der Waals surface area (Å²) in [5.74, 6) is -0.125. The molecule has 150 valence electrons. The average Bonchev–Trinajstić information content (AvgIpc) is 3.50. The maximum Gasteiger partial charge on any atom is 0.359 e. The fraction of sp³-hybridized carbons (Fsp3) is 0.300. The molecule has 1 amide bonds. The van der Waals surface area contributed by atoms with Gasteiger partial charge in [-0.15, -0.1) is 11.3 Å². The SMILES string of the molecule is CCOC(=O)c1nn(-c2ccc(OC)cc2)c(=O)c2c(NC(=O)C3CC3)scc12. The number of methoxy groups -OCH3 is 1. The summed E-state index contributed by atoms with van der Waals surface area (Å²) in [6.45, 7) is 1.88. The summed E-state index contributed by atoms with van der Waals surface area (Å²) < 4.78 is 11.4. The Bertz CT molecular complexity index is 1150. The monoisotopic (exact) mass is 413 g/mol. The summed E-state index contributed by atoms with van der Waals surface area (Å²) >= 11 is 1.20. The van der Waals surface area contributed by atoms with Crippen LogP contribution in [0.1, 0.15) is 30.3 Å². The van der Waals surface area contributed by atoms with Crippen LogP contribution in [-0.2, 0) is 9.53 Å². The Hall–Kier alpha value is -3.20. The lowest BCUT2D eigenvalue weighted by atomic mass is 10.2. The van der Waals surface area contributed by atoms with E-state index in [1.54, 1.807) is 43.7 Å². The lowest BCUT2D eigenvalue weighted by Crippen LogP contribution is -2.25. The zero-order valence-electron chi connectivity index (χ0n) is 15.9. The second kappa shape index (κ2) is 7.67. The average molecular weight is 413 g/mol. The molecule has 0 radical (unpaired) electrons. The van der Waals surface area contributed by atoms with E-state index in [2.05, 4.69) is 10.4 Å². The largest absolute Gasteiger partial charge is 0.497 e. The molecular weight excluding hydrogens is 394 g/mol. The number of amides is 1. The van der Waals surface area contributed by atoms with Gasteiger partial charge in [0.1, 0.15) is 10.8 Å². The van der Waals surface area contributed by atoms with Gasteiger partial charge in [0.25, 0.3) is 5.56 Å². The second-order valence-corrected chi connectivity index (χ2v) is 7.48. The summed E-state index contributed by atoms with van der Waals surface area (Å²) in [7, 11) is 1.55. The van der Waals surface area contributed by atoms with Gasteiger partial charge in [-0.3, -0.25) is 9.59 Å². The van der Waals surface area contributed by atoms with Crippen LogP contribution in [0.2, 0.25) is 0 Å². The van der Waals surface area contributed by atoms with Gasteiger partial charge >= 0.3 is 5.97 Å². The Labute approximate surface area is 170 Å². The first-order chi connectivity index (χ1) is 14.0. The van der Waals surface area contributed by atoms with E-state index in [9.17, 15) is 14.4 Å². The summed E-state index contributed by atoms with van der Waals surface area (Å²) in [6.07, 6.45) is 1.70. The highest BCUT2D eigenvalue weighted by molar-refractivity contribution is 7.16. The fourth-order valence-electron chi connectivity index (χ4n) is 2.95. The van der Waals surface area contributed by atoms with E-state index < -0.39 is 11.5 Å². The van der Waals surface area contributed by atoms with E-state index in [0.29, 0.717) is 21.8 Å². The number of benzene rings is 1. The predicted molar refractivity (Wildman–Crippen MR) is 109 cm³/mol. The maximum atomic E-state index is 13.2. The molecule has 2 heterocycles. The number of anilines is 1. The van der Waals surface area contributed by atoms with E-state index in [-0.39, 0.29) is 29.5 Å². The van der Waals surface area contributed by atoms with Gasteiger partial charge in [-0.2, -0.15) is 9.78 Å². The van der Waals surface area contributed by atoms with Crippen LogP contribution in [0.5, 0.6) is 5.75 Å². The van der Waals surface area contributed by atoms with Gasteiger partial charge < -0.3 is 14.8 Å². The van der Waals surface area contributed by atoms with E-state index in [1.807, 2.05) is 0 Å². The molecule has 1 aliphatic carbocycles. The van der Waals surface area contributed by atoms with Crippen molar-refractivity contribution in [2.45, 2.75) is 19.8 Å². The van der Waals surface area contributed by atoms with Crippen molar-refractivity contribution in [2.75, 3.05) is 19.0 Å². The molecule has 0 aliphatic heterocycles. The van der Waals surface area contributed by atoms with Crippen molar-refractivity contribution >= 4 is 39.0 Å². The second-order valence-electron chi connectivity index (χ2n) is 6.60. The number of aromatic nitrogens is 2. The summed E-state index contributed by atoms with van der Waals surface area (Å²) in [5, 5.41) is 9.78. The Morgan fingerprint density at radius 2 is 2.00 bits per heavy atom. The number of carbonyl (C=O) groups excluding carboxylic acids is 2. The van der Waals surface area contributed by atoms with Crippen LogP contribution >= 0.6 is 11.3 Å². The molecule has 29 heavy (non-hydrogen) atoms. The minimum atomic E-state index is -0.627. The molecule has 0 atom stereocenters. The molecule has 0 spiro atoms. The lowest BCUT2D eigenvalue weighted by Gasteiger charge is -2.10. The van der Waals surface area contributed by atoms with Crippen molar-refractivity contribution in [3.05, 3.63) is 45.7 Å². The standard InChI is InChI=1S/C20H19N3O5S/c1-3-28-20(26)16-14-10-29-18(21-17(24)11-4-5-11)15(14)19(25)23(22-16)12-6-8-13(27-2)9-7-12/h6-11H,3-5H2,1-2H3,(H,21,24). The molecule has 1 aromatic carbocycles. The first-order valence-corrected chi connectivity index (χ1v) is 10.1. The Kier molecular flexibility index (Phi) is 5.06. The van der Waals surface area contributed by atoms with Crippen molar-refractivity contribution in [2.24, 2.45) is 5.92 Å². The van der Waals surface area contributed by atoms with Crippen LogP contribution in [-0.4, -0.2) is 35.4 Å². The maximum absolute atomic E-state index is 13.2. The predicted octanol–water partition coefficient (Wildman–Crippen LogP) is 2.98. The first kappa shape index (κ1) is 19.1. The van der Waals surface area contributed by atoms with Crippen molar-refractivity contribution in [3.8, 4) is 11.4 Å². The Morgan fingerprint density at radius 3 is 2.62 bits per heavy atom. The van der Waals surface area contributed by atoms with Gasteiger partial charge in [-0.1, -0.05) is 0 Å². The van der Waals surface area contributed by atoms with Gasteiger partial charge in [-0.25, -0.2) is 4.79 Å². The summed E-state index contributed by atoms with van der Waals surface area (Å²) in [5.41, 5.74) is 0.0694. The van der Waals surface area contributed by atoms with Crippen LogP contribution in [0, 0.1) is 5.92 Å². The van der Waals surface area contributed by atoms with Crippen LogP contribution in [0.3, 0.4) is 0 Å². The molecular formula is C20H19N3O5S. The number of hydrogen-bond donors (Lipinski definition) is 1. The van der Waals surface area contributed by atoms with Gasteiger partial charge in [0.15, 0.2) is 5.69 Å². The normalized spacial score (nSPS) is 13.3. The molecule has 3 aromatic rings. The van der Waals surface area contributed by atoms with E-state index >= 15 is 0 Å². The van der Waals surface area contributed by atoms with Crippen LogP contribution in [0.4, 0.5) is 5.00 Å². The minimum Gasteiger partial charge on any atom is -0.497 e. The third kappa shape index (κ3) is 3.61. The number of ether oxygens (including phenoxy) is 2. The summed E-state index contributed by atoms with van der Waals surface area (Å²) in [6, 6.07) is 6.73. The van der Waals surface area contributed by atoms with Gasteiger partial charge in [0.05, 0.1) is 24.8 Å². The Balaban J connectivity index is 1.89. The molecule has 1 fully saturated rings. The lowest BCUT2D eigenvalue weighted by molar-refractivity contribution is -0.117. The third-order valence-electron chi connectivity index (χ3n) is 4.62. The van der Waals surface area contributed by atoms with Gasteiger partial charge in [0.2, 0.25) is 5.91 Å². The number of thiophene rings is 1. The van der Waals surface area contributed by atoms with Crippen LogP contribution in [0.25, 0.3) is 16.5 Å². The molecule has 2 aromatic heterocycles. The van der Waals surface area contributed by atoms with E-state index in [4.69, 9.17) is 9.47 Å². The number of nitrogens with zero attached hydrogens (tertiary/aromatic N) is 2. The number of nitrogens with one attached hydrogen (secondary N) is 1. The smallest absolute Gasteiger partial charge is 0.359 e. The van der Waals surface area contributed by atoms with E-state index in [1.165, 1.54) is 11.3 Å². The Morgan fingerprint density at radius 1 is 1.28 bits per heavy atom. The number of hydrogen-bond acceptors (Lipinski definition) is 7. The molecule has 0 unspecified atom stereocenters. The number of carbonyl (C=O) groups is 2. The van der Waals surface area contributed by atoms with Crippen molar-refractivity contribution in [3.63, 3.8) is 0 Å². The van der Waals surface area contributed by atoms with Crippen LogP contribution in [0.15, 0.2) is 34.4 Å². The third-order valence-corrected chi connectivity index (χ3v) is 5.52. The van der Waals surface area contributed by atoms with Gasteiger partial charge in [0, 0.05) is 16.7 Å². The molecule has 1 N–H and O–H groups in total. The van der Waals surface area contributed by atoms with Crippen molar-refractivity contribution in [1.82, 2.24) is 9.78 Å². The van der Waals surface area contributed by atoms with Crippen molar-refractivity contribution < 1.29 is 19.1 Å². The zero-order valence-corrected chi connectivity index (χ0v) is 16.7. The fourth-order valence-corrected chi connectivity index (χ4v) is 3.89. The van der Waals surface area contributed by atoms with E-state index in [0.717, 1.165) is 17.5 Å². The number of fused-ring (bicyclic) bond motifs is 1. The first-order valence-electron chi connectivity index (χ1n) is 9.20. The van der Waals surface area contributed by atoms with Crippen LogP contribution < -0.4 is 15.6 Å². The molecule has 1 saturated carbocycles. The van der Waals surface area contributed by atoms with Crippen molar-refractivity contribution in [1.29, 1.82) is 0 Å². The number of esters is 1. The summed E-state index contributed by atoms with van der Waals surface area (Å²) in [4.78, 5) is 38.0. The molecule has 0 saturated heterocycles. The topological polar surface area (TPSA) is 99.5 Å². The highest BCUT2D eigenvalue weighted by Gasteiger charge is 2.31. The molecule has 1 aliphatic rings. The highest BCUT2D eigenvalue weighted by Crippen LogP contribution is 2.34. The molecule has 4 rings (SSSR count). The highest BCUT2D eigenvalue weighted by atomic mass is 32.1.